The summed E-state index contributed by atoms with van der Waals surface area (Å²) in [7, 11) is -3.51. The summed E-state index contributed by atoms with van der Waals surface area (Å²) < 4.78 is 30.0. The van der Waals surface area contributed by atoms with Gasteiger partial charge in [-0.05, 0) is 81.2 Å². The maximum atomic E-state index is 12.9. The van der Waals surface area contributed by atoms with E-state index < -0.39 is 33.5 Å². The second kappa shape index (κ2) is 13.8. The van der Waals surface area contributed by atoms with Crippen LogP contribution in [0.5, 0.6) is 0 Å². The predicted octanol–water partition coefficient (Wildman–Crippen LogP) is 3.91. The first kappa shape index (κ1) is 32.6. The van der Waals surface area contributed by atoms with Crippen LogP contribution in [0.3, 0.4) is 0 Å². The second-order valence-corrected chi connectivity index (χ2v) is 13.7. The standard InChI is InChI=1S/C31H40N4O6S/c1-31(2,3)41-30(38)35-18-6-5-7-25(35)20-28(36)34-26(29(33)37)15-10-21-8-11-22(12-9-21)24-14-13-23(16-17-32)27(19-24)42(4,39)40/h8-9,11-14,19,25-26H,5-7,10,15-16,18,20H2,1-4H3,(H2,33,37)(H,34,36)/t25?,26-/m0/s1. The quantitative estimate of drug-likeness (QED) is 0.421. The summed E-state index contributed by atoms with van der Waals surface area (Å²) in [4.78, 5) is 39.5. The smallest absolute Gasteiger partial charge is 0.410 e. The van der Waals surface area contributed by atoms with Gasteiger partial charge in [0.1, 0.15) is 11.6 Å². The Morgan fingerprint density at radius 1 is 1.12 bits per heavy atom. The zero-order chi connectivity index (χ0) is 31.1. The van der Waals surface area contributed by atoms with E-state index in [2.05, 4.69) is 5.32 Å². The maximum Gasteiger partial charge on any atom is 0.410 e. The van der Waals surface area contributed by atoms with Crippen LogP contribution in [0, 0.1) is 11.3 Å². The number of nitrogens with zero attached hydrogens (tertiary/aromatic N) is 2. The summed E-state index contributed by atoms with van der Waals surface area (Å²) in [6.07, 6.45) is 3.91. The summed E-state index contributed by atoms with van der Waals surface area (Å²) >= 11 is 0. The molecule has 2 aromatic rings. The molecule has 42 heavy (non-hydrogen) atoms. The number of ether oxygens (including phenoxy) is 1. The number of piperidine rings is 1. The van der Waals surface area contributed by atoms with Gasteiger partial charge >= 0.3 is 6.09 Å². The summed E-state index contributed by atoms with van der Waals surface area (Å²) in [6, 6.07) is 13.3. The van der Waals surface area contributed by atoms with Gasteiger partial charge in [0.05, 0.1) is 17.4 Å². The minimum absolute atomic E-state index is 0.00183. The van der Waals surface area contributed by atoms with E-state index in [1.54, 1.807) is 43.9 Å². The Balaban J connectivity index is 1.63. The summed E-state index contributed by atoms with van der Waals surface area (Å²) in [5.41, 5.74) is 7.83. The molecule has 1 aliphatic rings. The number of sulfone groups is 1. The molecule has 0 aromatic heterocycles. The normalized spacial score (nSPS) is 16.3. The van der Waals surface area contributed by atoms with E-state index in [1.807, 2.05) is 30.3 Å². The van der Waals surface area contributed by atoms with Crippen LogP contribution in [0.1, 0.15) is 64.0 Å². The molecule has 11 heteroatoms. The number of hydrogen-bond acceptors (Lipinski definition) is 7. The zero-order valence-corrected chi connectivity index (χ0v) is 25.5. The Bertz CT molecular complexity index is 1440. The number of carbonyl (C=O) groups excluding carboxylic acids is 3. The van der Waals surface area contributed by atoms with Crippen molar-refractivity contribution in [2.45, 2.75) is 88.3 Å². The minimum Gasteiger partial charge on any atom is -0.444 e. The molecule has 0 saturated carbocycles. The third-order valence-electron chi connectivity index (χ3n) is 7.10. The lowest BCUT2D eigenvalue weighted by molar-refractivity contribution is -0.128. The molecule has 3 N–H and O–H groups in total. The van der Waals surface area contributed by atoms with Crippen LogP contribution in [-0.4, -0.2) is 61.7 Å². The Morgan fingerprint density at radius 2 is 1.79 bits per heavy atom. The number of carbonyl (C=O) groups is 3. The highest BCUT2D eigenvalue weighted by Crippen LogP contribution is 2.27. The first-order valence-electron chi connectivity index (χ1n) is 14.1. The van der Waals surface area contributed by atoms with Crippen molar-refractivity contribution in [3.05, 3.63) is 53.6 Å². The molecule has 3 amide bonds. The lowest BCUT2D eigenvalue weighted by Gasteiger charge is -2.36. The van der Waals surface area contributed by atoms with Crippen molar-refractivity contribution < 1.29 is 27.5 Å². The van der Waals surface area contributed by atoms with Gasteiger partial charge in [0.15, 0.2) is 9.84 Å². The van der Waals surface area contributed by atoms with Gasteiger partial charge in [0.2, 0.25) is 11.8 Å². The van der Waals surface area contributed by atoms with Gasteiger partial charge in [-0.2, -0.15) is 5.26 Å². The SMILES string of the molecule is CC(C)(C)OC(=O)N1CCCCC1CC(=O)N[C@@H](CCc1ccc(-c2ccc(CC#N)c(S(C)(=O)=O)c2)cc1)C(N)=O. The molecular weight excluding hydrogens is 556 g/mol. The van der Waals surface area contributed by atoms with E-state index in [4.69, 9.17) is 15.7 Å². The van der Waals surface area contributed by atoms with E-state index in [0.717, 1.165) is 30.2 Å². The molecule has 0 spiro atoms. The number of nitrogens with two attached hydrogens (primary N) is 1. The Kier molecular flexibility index (Phi) is 10.7. The van der Waals surface area contributed by atoms with Crippen molar-refractivity contribution in [2.24, 2.45) is 5.73 Å². The fraction of sp³-hybridized carbons (Fsp3) is 0.484. The summed E-state index contributed by atoms with van der Waals surface area (Å²) in [5, 5.41) is 11.8. The Labute approximate surface area is 248 Å². The number of benzene rings is 2. The van der Waals surface area contributed by atoms with Crippen molar-refractivity contribution in [1.82, 2.24) is 10.2 Å². The lowest BCUT2D eigenvalue weighted by atomic mass is 9.98. The molecule has 10 nitrogen and oxygen atoms in total. The fourth-order valence-electron chi connectivity index (χ4n) is 5.01. The van der Waals surface area contributed by atoms with Crippen LogP contribution in [0.2, 0.25) is 0 Å². The van der Waals surface area contributed by atoms with Gasteiger partial charge in [0, 0.05) is 25.3 Å². The van der Waals surface area contributed by atoms with E-state index >= 15 is 0 Å². The van der Waals surface area contributed by atoms with E-state index in [0.29, 0.717) is 36.9 Å². The molecule has 1 heterocycles. The molecule has 3 rings (SSSR count). The van der Waals surface area contributed by atoms with Gasteiger partial charge in [-0.15, -0.1) is 0 Å². The Hall–Kier alpha value is -3.91. The molecule has 1 unspecified atom stereocenters. The van der Waals surface area contributed by atoms with Crippen LogP contribution in [0.15, 0.2) is 47.4 Å². The van der Waals surface area contributed by atoms with Gasteiger partial charge < -0.3 is 20.7 Å². The van der Waals surface area contributed by atoms with Crippen molar-refractivity contribution in [2.75, 3.05) is 12.8 Å². The number of rotatable bonds is 10. The van der Waals surface area contributed by atoms with Crippen LogP contribution in [0.25, 0.3) is 11.1 Å². The average Bonchev–Trinajstić information content (AvgIpc) is 2.90. The number of primary amides is 1. The van der Waals surface area contributed by atoms with Crippen molar-refractivity contribution in [1.29, 1.82) is 5.26 Å². The second-order valence-electron chi connectivity index (χ2n) is 11.7. The molecule has 0 bridgehead atoms. The topological polar surface area (TPSA) is 160 Å². The molecule has 1 saturated heterocycles. The van der Waals surface area contributed by atoms with Crippen LogP contribution >= 0.6 is 0 Å². The molecule has 0 radical (unpaired) electrons. The molecule has 1 aliphatic heterocycles. The van der Waals surface area contributed by atoms with E-state index in [1.165, 1.54) is 0 Å². The number of nitrogens with one attached hydrogen (secondary N) is 1. The van der Waals surface area contributed by atoms with Crippen molar-refractivity contribution in [3.8, 4) is 17.2 Å². The number of likely N-dealkylation sites (tertiary alicyclic amines) is 1. The molecular formula is C31H40N4O6S. The highest BCUT2D eigenvalue weighted by Gasteiger charge is 2.32. The molecule has 1 fully saturated rings. The van der Waals surface area contributed by atoms with Gasteiger partial charge in [-0.1, -0.05) is 36.4 Å². The fourth-order valence-corrected chi connectivity index (χ4v) is 5.97. The van der Waals surface area contributed by atoms with Crippen molar-refractivity contribution >= 4 is 27.7 Å². The van der Waals surface area contributed by atoms with E-state index in [-0.39, 0.29) is 29.7 Å². The first-order chi connectivity index (χ1) is 19.7. The maximum absolute atomic E-state index is 12.9. The highest BCUT2D eigenvalue weighted by atomic mass is 32.2. The van der Waals surface area contributed by atoms with Crippen LogP contribution in [-0.2, 0) is 37.0 Å². The van der Waals surface area contributed by atoms with Crippen LogP contribution < -0.4 is 11.1 Å². The number of aryl methyl sites for hydroxylation is 1. The number of hydrogen-bond donors (Lipinski definition) is 2. The lowest BCUT2D eigenvalue weighted by Crippen LogP contribution is -2.50. The third kappa shape index (κ3) is 9.31. The van der Waals surface area contributed by atoms with Gasteiger partial charge in [0.25, 0.3) is 0 Å². The predicted molar refractivity (Wildman–Crippen MR) is 159 cm³/mol. The number of nitriles is 1. The number of amides is 3. The molecule has 0 aliphatic carbocycles. The largest absolute Gasteiger partial charge is 0.444 e. The minimum atomic E-state index is -3.51. The Morgan fingerprint density at radius 3 is 2.38 bits per heavy atom. The highest BCUT2D eigenvalue weighted by molar-refractivity contribution is 7.90. The third-order valence-corrected chi connectivity index (χ3v) is 8.28. The monoisotopic (exact) mass is 596 g/mol. The van der Waals surface area contributed by atoms with Crippen LogP contribution in [0.4, 0.5) is 4.79 Å². The zero-order valence-electron chi connectivity index (χ0n) is 24.7. The molecule has 2 aromatic carbocycles. The molecule has 2 atom stereocenters. The van der Waals surface area contributed by atoms with E-state index in [9.17, 15) is 22.8 Å². The summed E-state index contributed by atoms with van der Waals surface area (Å²) in [6.45, 7) is 5.91. The summed E-state index contributed by atoms with van der Waals surface area (Å²) in [5.74, 6) is -0.991. The first-order valence-corrected chi connectivity index (χ1v) is 15.9. The van der Waals surface area contributed by atoms with Gasteiger partial charge in [-0.25, -0.2) is 13.2 Å². The molecule has 226 valence electrons. The van der Waals surface area contributed by atoms with Crippen molar-refractivity contribution in [3.63, 3.8) is 0 Å². The van der Waals surface area contributed by atoms with Gasteiger partial charge in [-0.3, -0.25) is 9.59 Å². The average molecular weight is 597 g/mol.